The molecule has 0 aromatic heterocycles. The molecule has 0 unspecified atom stereocenters. The van der Waals surface area contributed by atoms with Gasteiger partial charge >= 0.3 is 0 Å². The van der Waals surface area contributed by atoms with Crippen LogP contribution in [-0.2, 0) is 0 Å². The average Bonchev–Trinajstić information content (AvgIpc) is 2.38. The Morgan fingerprint density at radius 3 is 2.68 bits per heavy atom. The van der Waals surface area contributed by atoms with Crippen molar-refractivity contribution in [2.24, 2.45) is 4.99 Å². The van der Waals surface area contributed by atoms with Gasteiger partial charge in [-0.3, -0.25) is 4.99 Å². The molecule has 2 rings (SSSR count). The fourth-order valence-electron chi connectivity index (χ4n) is 1.79. The Bertz CT molecular complexity index is 406. The van der Waals surface area contributed by atoms with Crippen molar-refractivity contribution in [1.29, 1.82) is 0 Å². The summed E-state index contributed by atoms with van der Waals surface area (Å²) in [7, 11) is 0. The summed E-state index contributed by atoms with van der Waals surface area (Å²) in [6.45, 7) is 6.74. The molecule has 0 bridgehead atoms. The second kappa shape index (κ2) is 7.57. The van der Waals surface area contributed by atoms with Crippen LogP contribution in [0.25, 0.3) is 0 Å². The van der Waals surface area contributed by atoms with E-state index in [1.807, 2.05) is 30.3 Å². The van der Waals surface area contributed by atoms with Crippen molar-refractivity contribution < 1.29 is 4.74 Å². The molecule has 0 radical (unpaired) electrons. The van der Waals surface area contributed by atoms with E-state index >= 15 is 0 Å². The lowest BCUT2D eigenvalue weighted by Gasteiger charge is -2.28. The molecule has 0 spiro atoms. The highest BCUT2D eigenvalue weighted by Crippen LogP contribution is 2.16. The van der Waals surface area contributed by atoms with Crippen LogP contribution < -0.4 is 15.4 Å². The number of ether oxygens (including phenoxy) is 1. The minimum Gasteiger partial charge on any atom is -0.486 e. The molecule has 2 N–H and O–H groups in total. The maximum absolute atomic E-state index is 5.95. The average molecular weight is 375 g/mol. The van der Waals surface area contributed by atoms with Gasteiger partial charge in [0, 0.05) is 13.1 Å². The third-order valence-electron chi connectivity index (χ3n) is 2.72. The molecule has 0 atom stereocenters. The van der Waals surface area contributed by atoms with Gasteiger partial charge in [0.15, 0.2) is 5.96 Å². The number of nitrogens with one attached hydrogen (secondary N) is 2. The molecule has 0 aliphatic carbocycles. The molecule has 5 heteroatoms. The van der Waals surface area contributed by atoms with Gasteiger partial charge < -0.3 is 15.4 Å². The zero-order valence-corrected chi connectivity index (χ0v) is 13.8. The topological polar surface area (TPSA) is 45.7 Å². The van der Waals surface area contributed by atoms with E-state index in [-0.39, 0.29) is 29.6 Å². The van der Waals surface area contributed by atoms with Gasteiger partial charge in [-0.05, 0) is 32.4 Å². The van der Waals surface area contributed by atoms with Crippen LogP contribution in [0.4, 0.5) is 0 Å². The van der Waals surface area contributed by atoms with Crippen LogP contribution in [0, 0.1) is 0 Å². The summed E-state index contributed by atoms with van der Waals surface area (Å²) in [5.74, 6) is 1.77. The largest absolute Gasteiger partial charge is 0.486 e. The predicted octanol–water partition coefficient (Wildman–Crippen LogP) is 2.40. The van der Waals surface area contributed by atoms with Gasteiger partial charge in [-0.2, -0.15) is 0 Å². The zero-order valence-electron chi connectivity index (χ0n) is 11.5. The van der Waals surface area contributed by atoms with E-state index < -0.39 is 0 Å². The molecule has 0 amide bonds. The quantitative estimate of drug-likeness (QED) is 0.795. The summed E-state index contributed by atoms with van der Waals surface area (Å²) >= 11 is 0. The van der Waals surface area contributed by atoms with E-state index in [0.717, 1.165) is 31.2 Å². The van der Waals surface area contributed by atoms with Crippen molar-refractivity contribution >= 4 is 29.9 Å². The van der Waals surface area contributed by atoms with Crippen LogP contribution in [0.5, 0.6) is 5.75 Å². The number of halogens is 1. The molecule has 0 fully saturated rings. The molecule has 1 aromatic carbocycles. The molecule has 1 heterocycles. The Labute approximate surface area is 132 Å². The normalized spacial score (nSPS) is 14.7. The van der Waals surface area contributed by atoms with E-state index in [2.05, 4.69) is 29.5 Å². The number of rotatable bonds is 4. The minimum atomic E-state index is -0.275. The summed E-state index contributed by atoms with van der Waals surface area (Å²) in [5, 5.41) is 6.53. The zero-order chi connectivity index (χ0) is 12.8. The molecule has 0 saturated carbocycles. The van der Waals surface area contributed by atoms with Gasteiger partial charge in [0.1, 0.15) is 11.4 Å². The Morgan fingerprint density at radius 2 is 2.05 bits per heavy atom. The van der Waals surface area contributed by atoms with Crippen LogP contribution >= 0.6 is 24.0 Å². The van der Waals surface area contributed by atoms with Gasteiger partial charge in [0.2, 0.25) is 0 Å². The van der Waals surface area contributed by atoms with Crippen LogP contribution in [0.1, 0.15) is 20.3 Å². The minimum absolute atomic E-state index is 0. The molecular formula is C14H22IN3O. The molecular weight excluding hydrogens is 353 g/mol. The second-order valence-electron chi connectivity index (χ2n) is 5.04. The van der Waals surface area contributed by atoms with Gasteiger partial charge in [-0.15, -0.1) is 24.0 Å². The van der Waals surface area contributed by atoms with Gasteiger partial charge in [-0.25, -0.2) is 0 Å². The smallest absolute Gasteiger partial charge is 0.191 e. The molecule has 1 aromatic rings. The number of hydrogen-bond acceptors (Lipinski definition) is 4. The van der Waals surface area contributed by atoms with Crippen molar-refractivity contribution in [3.8, 4) is 5.75 Å². The maximum atomic E-state index is 5.95. The van der Waals surface area contributed by atoms with E-state index in [4.69, 9.17) is 4.74 Å². The monoisotopic (exact) mass is 375 g/mol. The number of aliphatic imine (C=N–C) groups is 1. The third-order valence-corrected chi connectivity index (χ3v) is 2.72. The number of guanidine groups is 1. The standard InChI is InChI=1S/C14H21N3O.HI/c1-14(2,18-12-7-4-3-5-8-12)11-17-13-15-9-6-10-16-13;/h3-5,7-8H,6,9-11H2,1-2H3,(H2,15,16,17);1H. The van der Waals surface area contributed by atoms with E-state index in [0.29, 0.717) is 6.54 Å². The lowest BCUT2D eigenvalue weighted by atomic mass is 10.1. The number of nitrogens with zero attached hydrogens (tertiary/aromatic N) is 1. The Hall–Kier alpha value is -0.980. The van der Waals surface area contributed by atoms with Crippen LogP contribution in [0.2, 0.25) is 0 Å². The highest BCUT2D eigenvalue weighted by molar-refractivity contribution is 14.0. The van der Waals surface area contributed by atoms with Gasteiger partial charge in [0.05, 0.1) is 6.54 Å². The Morgan fingerprint density at radius 1 is 1.32 bits per heavy atom. The van der Waals surface area contributed by atoms with Crippen LogP contribution in [0.15, 0.2) is 35.3 Å². The highest BCUT2D eigenvalue weighted by Gasteiger charge is 2.20. The predicted molar refractivity (Wildman–Crippen MR) is 89.5 cm³/mol. The lowest BCUT2D eigenvalue weighted by molar-refractivity contribution is 0.113. The molecule has 1 aliphatic rings. The van der Waals surface area contributed by atoms with Crippen LogP contribution in [0.3, 0.4) is 0 Å². The lowest BCUT2D eigenvalue weighted by Crippen LogP contribution is -2.48. The van der Waals surface area contributed by atoms with Gasteiger partial charge in [0.25, 0.3) is 0 Å². The van der Waals surface area contributed by atoms with Crippen LogP contribution in [-0.4, -0.2) is 31.2 Å². The van der Waals surface area contributed by atoms with E-state index in [9.17, 15) is 0 Å². The van der Waals surface area contributed by atoms with E-state index in [1.54, 1.807) is 0 Å². The molecule has 106 valence electrons. The SMILES string of the molecule is CC(C)(CNC1=NCCCN1)Oc1ccccc1.I. The second-order valence-corrected chi connectivity index (χ2v) is 5.04. The molecule has 1 aliphatic heterocycles. The summed E-state index contributed by atoms with van der Waals surface area (Å²) < 4.78 is 5.95. The van der Waals surface area contributed by atoms with Crippen molar-refractivity contribution in [2.45, 2.75) is 25.9 Å². The summed E-state index contributed by atoms with van der Waals surface area (Å²) in [6.07, 6.45) is 1.11. The molecule has 19 heavy (non-hydrogen) atoms. The number of benzene rings is 1. The van der Waals surface area contributed by atoms with Crippen molar-refractivity contribution in [3.05, 3.63) is 30.3 Å². The first-order valence-electron chi connectivity index (χ1n) is 6.42. The number of hydrogen-bond donors (Lipinski definition) is 2. The molecule has 4 nitrogen and oxygen atoms in total. The Balaban J connectivity index is 0.00000180. The van der Waals surface area contributed by atoms with Gasteiger partial charge in [-0.1, -0.05) is 18.2 Å². The third kappa shape index (κ3) is 5.67. The Kier molecular flexibility index (Phi) is 6.41. The highest BCUT2D eigenvalue weighted by atomic mass is 127. The first-order chi connectivity index (χ1) is 8.66. The molecule has 0 saturated heterocycles. The van der Waals surface area contributed by atoms with Crippen molar-refractivity contribution in [1.82, 2.24) is 10.6 Å². The van der Waals surface area contributed by atoms with Crippen molar-refractivity contribution in [3.63, 3.8) is 0 Å². The maximum Gasteiger partial charge on any atom is 0.191 e. The fourth-order valence-corrected chi connectivity index (χ4v) is 1.79. The summed E-state index contributed by atoms with van der Waals surface area (Å²) in [5.41, 5.74) is -0.275. The first-order valence-corrected chi connectivity index (χ1v) is 6.42. The van der Waals surface area contributed by atoms with Crippen molar-refractivity contribution in [2.75, 3.05) is 19.6 Å². The summed E-state index contributed by atoms with van der Waals surface area (Å²) in [4.78, 5) is 4.38. The fraction of sp³-hybridized carbons (Fsp3) is 0.500. The number of para-hydroxylation sites is 1. The summed E-state index contributed by atoms with van der Waals surface area (Å²) in [6, 6.07) is 9.88. The van der Waals surface area contributed by atoms with E-state index in [1.165, 1.54) is 0 Å². The first kappa shape index (κ1) is 16.1.